The molecule has 114 valence electrons. The minimum absolute atomic E-state index is 0.228. The van der Waals surface area contributed by atoms with Crippen LogP contribution in [-0.2, 0) is 14.8 Å². The van der Waals surface area contributed by atoms with Crippen LogP contribution in [0.25, 0.3) is 0 Å². The Kier molecular flexibility index (Phi) is 3.51. The molecule has 0 saturated carbocycles. The minimum Gasteiger partial charge on any atom is -0.388 e. The lowest BCUT2D eigenvalue weighted by molar-refractivity contribution is -0.0701. The van der Waals surface area contributed by atoms with Crippen molar-refractivity contribution in [2.75, 3.05) is 26.8 Å². The maximum Gasteiger partial charge on any atom is 0.285 e. The molecule has 0 amide bonds. The molecule has 0 unspecified atom stereocenters. The first-order valence-electron chi connectivity index (χ1n) is 6.87. The number of rotatable bonds is 2. The number of ether oxygens (including phenoxy) is 1. The van der Waals surface area contributed by atoms with Gasteiger partial charge >= 0.3 is 0 Å². The summed E-state index contributed by atoms with van der Waals surface area (Å²) in [5.41, 5.74) is -0.271. The van der Waals surface area contributed by atoms with Gasteiger partial charge in [0.2, 0.25) is 0 Å². The fourth-order valence-corrected chi connectivity index (χ4v) is 4.04. The Morgan fingerprint density at radius 2 is 2.00 bits per heavy atom. The number of hydrogen-bond donors (Lipinski definition) is 1. The summed E-state index contributed by atoms with van der Waals surface area (Å²) in [6.07, 6.45) is 1.08. The molecular weight excluding hydrogens is 292 g/mol. The van der Waals surface area contributed by atoms with Crippen molar-refractivity contribution in [3.05, 3.63) is 29.8 Å². The van der Waals surface area contributed by atoms with Crippen LogP contribution in [-0.4, -0.2) is 56.7 Å². The molecule has 2 aliphatic heterocycles. The maximum absolute atomic E-state index is 12.0. The molecule has 2 aliphatic rings. The smallest absolute Gasteiger partial charge is 0.285 e. The fraction of sp³-hybridized carbons (Fsp3) is 0.500. The molecular formula is C14H18N2O4S. The predicted molar refractivity (Wildman–Crippen MR) is 77.8 cm³/mol. The van der Waals surface area contributed by atoms with E-state index >= 15 is 0 Å². The third-order valence-corrected chi connectivity index (χ3v) is 5.25. The number of hydrogen-bond acceptors (Lipinski definition) is 5. The highest BCUT2D eigenvalue weighted by molar-refractivity contribution is 7.90. The minimum atomic E-state index is -3.62. The second-order valence-electron chi connectivity index (χ2n) is 5.58. The van der Waals surface area contributed by atoms with Crippen LogP contribution in [0.15, 0.2) is 33.6 Å². The summed E-state index contributed by atoms with van der Waals surface area (Å²) in [5.74, 6) is 0.394. The number of amidine groups is 1. The number of likely N-dealkylation sites (N-methyl/N-ethyl adjacent to an activating group) is 1. The molecule has 0 aliphatic carbocycles. The van der Waals surface area contributed by atoms with Crippen LogP contribution in [0.1, 0.15) is 18.4 Å². The molecule has 1 fully saturated rings. The third-order valence-electron chi connectivity index (χ3n) is 3.93. The van der Waals surface area contributed by atoms with E-state index in [2.05, 4.69) is 4.40 Å². The molecule has 0 atom stereocenters. The van der Waals surface area contributed by atoms with Crippen molar-refractivity contribution in [1.82, 2.24) is 4.90 Å². The zero-order valence-corrected chi connectivity index (χ0v) is 12.6. The maximum atomic E-state index is 12.0. The molecule has 1 aromatic rings. The van der Waals surface area contributed by atoms with Gasteiger partial charge in [0.25, 0.3) is 10.0 Å². The van der Waals surface area contributed by atoms with Crippen LogP contribution >= 0.6 is 0 Å². The third kappa shape index (κ3) is 2.68. The van der Waals surface area contributed by atoms with Gasteiger partial charge in [-0.15, -0.1) is 4.40 Å². The number of fused-ring (bicyclic) bond motifs is 1. The highest BCUT2D eigenvalue weighted by atomic mass is 32.2. The van der Waals surface area contributed by atoms with E-state index in [4.69, 9.17) is 4.74 Å². The average Bonchev–Trinajstić information content (AvgIpc) is 2.72. The zero-order valence-electron chi connectivity index (χ0n) is 11.8. The Labute approximate surface area is 124 Å². The lowest BCUT2D eigenvalue weighted by Crippen LogP contribution is -2.47. The molecule has 7 heteroatoms. The van der Waals surface area contributed by atoms with Gasteiger partial charge < -0.3 is 14.7 Å². The molecule has 2 heterocycles. The SMILES string of the molecule is CN(CC1(O)CCOCC1)C1=NS(=O)(=O)c2ccccc21. The van der Waals surface area contributed by atoms with Crippen molar-refractivity contribution in [3.63, 3.8) is 0 Å². The van der Waals surface area contributed by atoms with E-state index in [1.807, 2.05) is 0 Å². The number of aliphatic hydroxyl groups is 1. The van der Waals surface area contributed by atoms with Crippen LogP contribution in [0, 0.1) is 0 Å². The summed E-state index contributed by atoms with van der Waals surface area (Å²) in [7, 11) is -1.87. The van der Waals surface area contributed by atoms with Crippen LogP contribution in [0.3, 0.4) is 0 Å². The molecule has 0 bridgehead atoms. The highest BCUT2D eigenvalue weighted by Gasteiger charge is 2.35. The van der Waals surface area contributed by atoms with Crippen molar-refractivity contribution in [2.45, 2.75) is 23.3 Å². The number of nitrogens with zero attached hydrogens (tertiary/aromatic N) is 2. The lowest BCUT2D eigenvalue weighted by atomic mass is 9.93. The van der Waals surface area contributed by atoms with E-state index in [9.17, 15) is 13.5 Å². The molecule has 21 heavy (non-hydrogen) atoms. The van der Waals surface area contributed by atoms with Crippen LogP contribution in [0.4, 0.5) is 0 Å². The van der Waals surface area contributed by atoms with Crippen LogP contribution in [0.5, 0.6) is 0 Å². The predicted octanol–water partition coefficient (Wildman–Crippen LogP) is 0.609. The van der Waals surface area contributed by atoms with Gasteiger partial charge in [-0.05, 0) is 12.1 Å². The molecule has 3 rings (SSSR count). The second kappa shape index (κ2) is 5.08. The summed E-state index contributed by atoms with van der Waals surface area (Å²) in [6, 6.07) is 6.76. The van der Waals surface area contributed by atoms with E-state index in [1.54, 1.807) is 36.2 Å². The Hall–Kier alpha value is -1.44. The van der Waals surface area contributed by atoms with Crippen molar-refractivity contribution >= 4 is 15.9 Å². The van der Waals surface area contributed by atoms with Gasteiger partial charge in [-0.25, -0.2) is 0 Å². The molecule has 6 nitrogen and oxygen atoms in total. The summed E-state index contributed by atoms with van der Waals surface area (Å²) >= 11 is 0. The largest absolute Gasteiger partial charge is 0.388 e. The van der Waals surface area contributed by atoms with Gasteiger partial charge in [0.1, 0.15) is 4.90 Å². The van der Waals surface area contributed by atoms with Gasteiger partial charge in [0, 0.05) is 45.2 Å². The first-order chi connectivity index (χ1) is 9.91. The van der Waals surface area contributed by atoms with Gasteiger partial charge in [-0.1, -0.05) is 12.1 Å². The standard InChI is InChI=1S/C14H18N2O4S/c1-16(10-14(17)6-8-20-9-7-14)13-11-4-2-3-5-12(11)21(18,19)15-13/h2-5,17H,6-10H2,1H3. The quantitative estimate of drug-likeness (QED) is 0.866. The van der Waals surface area contributed by atoms with E-state index in [-0.39, 0.29) is 4.90 Å². The molecule has 1 saturated heterocycles. The number of benzene rings is 1. The average molecular weight is 310 g/mol. The topological polar surface area (TPSA) is 79.2 Å². The zero-order chi connectivity index (χ0) is 15.1. The summed E-state index contributed by atoms with van der Waals surface area (Å²) < 4.78 is 33.2. The molecule has 1 N–H and O–H groups in total. The van der Waals surface area contributed by atoms with Crippen molar-refractivity contribution in [1.29, 1.82) is 0 Å². The summed E-state index contributed by atoms with van der Waals surface area (Å²) in [6.45, 7) is 1.37. The second-order valence-corrected chi connectivity index (χ2v) is 7.15. The Morgan fingerprint density at radius 1 is 1.33 bits per heavy atom. The molecule has 1 aromatic carbocycles. The van der Waals surface area contributed by atoms with Crippen molar-refractivity contribution < 1.29 is 18.3 Å². The van der Waals surface area contributed by atoms with Crippen LogP contribution < -0.4 is 0 Å². The van der Waals surface area contributed by atoms with Gasteiger partial charge in [0.15, 0.2) is 5.84 Å². The van der Waals surface area contributed by atoms with Crippen LogP contribution in [0.2, 0.25) is 0 Å². The van der Waals surface area contributed by atoms with Crippen molar-refractivity contribution in [2.24, 2.45) is 4.40 Å². The van der Waals surface area contributed by atoms with Gasteiger partial charge in [-0.3, -0.25) is 0 Å². The van der Waals surface area contributed by atoms with E-state index in [1.165, 1.54) is 0 Å². The Morgan fingerprint density at radius 3 is 2.71 bits per heavy atom. The Balaban J connectivity index is 1.87. The molecule has 0 aromatic heterocycles. The van der Waals surface area contributed by atoms with E-state index < -0.39 is 15.6 Å². The van der Waals surface area contributed by atoms with E-state index in [0.29, 0.717) is 44.0 Å². The van der Waals surface area contributed by atoms with Gasteiger partial charge in [0.05, 0.1) is 5.60 Å². The monoisotopic (exact) mass is 310 g/mol. The van der Waals surface area contributed by atoms with Gasteiger partial charge in [-0.2, -0.15) is 8.42 Å². The van der Waals surface area contributed by atoms with E-state index in [0.717, 1.165) is 0 Å². The summed E-state index contributed by atoms with van der Waals surface area (Å²) in [4.78, 5) is 1.94. The Bertz CT molecular complexity index is 678. The molecule has 0 spiro atoms. The normalized spacial score (nSPS) is 22.5. The fourth-order valence-electron chi connectivity index (χ4n) is 2.79. The highest BCUT2D eigenvalue weighted by Crippen LogP contribution is 2.29. The molecule has 0 radical (unpaired) electrons. The van der Waals surface area contributed by atoms with Crippen molar-refractivity contribution in [3.8, 4) is 0 Å². The first-order valence-corrected chi connectivity index (χ1v) is 8.31. The summed E-state index contributed by atoms with van der Waals surface area (Å²) in [5, 5.41) is 10.6. The first kappa shape index (κ1) is 14.5. The lowest BCUT2D eigenvalue weighted by Gasteiger charge is -2.36. The number of sulfonamides is 1.